The SMILES string of the molecule is CNC(=O)N=CC1COC2C1OC[C@H]2Nc1nc(Nc2cnn(C)c2)ncc1Cl. The van der Waals surface area contributed by atoms with Crippen LogP contribution in [-0.2, 0) is 16.5 Å². The fourth-order valence-corrected chi connectivity index (χ4v) is 3.47. The van der Waals surface area contributed by atoms with E-state index in [1.165, 1.54) is 13.2 Å². The van der Waals surface area contributed by atoms with Crippen LogP contribution in [0.4, 0.5) is 22.2 Å². The fourth-order valence-electron chi connectivity index (χ4n) is 3.33. The van der Waals surface area contributed by atoms with Crippen molar-refractivity contribution in [3.05, 3.63) is 23.6 Å². The minimum Gasteiger partial charge on any atom is -0.372 e. The van der Waals surface area contributed by atoms with Crippen LogP contribution in [0.1, 0.15) is 0 Å². The molecule has 4 atom stereocenters. The number of fused-ring (bicyclic) bond motifs is 1. The number of nitrogens with zero attached hydrogens (tertiary/aromatic N) is 5. The standard InChI is InChI=1S/C17H21ClN8O3/c1-19-17(27)21-3-9-7-28-14-12(8-29-13(9)14)24-15-11(18)5-20-16(25-15)23-10-4-22-26(2)6-10/h3-6,9,12-14H,7-8H2,1-2H3,(H,19,27)(H2,20,23,24,25)/t9?,12-,13?,14?/m1/s1. The molecule has 2 saturated heterocycles. The first-order valence-corrected chi connectivity index (χ1v) is 9.45. The van der Waals surface area contributed by atoms with Gasteiger partial charge >= 0.3 is 6.03 Å². The van der Waals surface area contributed by atoms with Gasteiger partial charge < -0.3 is 25.4 Å². The second-order valence-corrected chi connectivity index (χ2v) is 7.17. The van der Waals surface area contributed by atoms with Crippen molar-refractivity contribution in [2.45, 2.75) is 18.2 Å². The van der Waals surface area contributed by atoms with E-state index in [9.17, 15) is 4.79 Å². The van der Waals surface area contributed by atoms with Crippen molar-refractivity contribution in [3.8, 4) is 0 Å². The first kappa shape index (κ1) is 19.6. The molecule has 2 aliphatic rings. The maximum Gasteiger partial charge on any atom is 0.340 e. The minimum absolute atomic E-state index is 0.0900. The molecule has 0 bridgehead atoms. The average Bonchev–Trinajstić information content (AvgIpc) is 3.41. The van der Waals surface area contributed by atoms with Crippen LogP contribution in [0.2, 0.25) is 5.02 Å². The summed E-state index contributed by atoms with van der Waals surface area (Å²) in [6.07, 6.45) is 6.21. The van der Waals surface area contributed by atoms with Crippen LogP contribution >= 0.6 is 11.6 Å². The molecule has 4 heterocycles. The minimum atomic E-state index is -0.400. The molecule has 12 heteroatoms. The summed E-state index contributed by atoms with van der Waals surface area (Å²) in [6, 6.07) is -0.542. The number of rotatable bonds is 5. The van der Waals surface area contributed by atoms with Crippen LogP contribution in [0.25, 0.3) is 0 Å². The van der Waals surface area contributed by atoms with Crippen molar-refractivity contribution in [1.29, 1.82) is 0 Å². The summed E-state index contributed by atoms with van der Waals surface area (Å²) in [5.74, 6) is 0.782. The molecular weight excluding hydrogens is 400 g/mol. The predicted octanol–water partition coefficient (Wildman–Crippen LogP) is 1.21. The van der Waals surface area contributed by atoms with Gasteiger partial charge in [0.1, 0.15) is 11.1 Å². The van der Waals surface area contributed by atoms with Crippen LogP contribution in [0.3, 0.4) is 0 Å². The van der Waals surface area contributed by atoms with Gasteiger partial charge in [0, 0.05) is 32.4 Å². The molecule has 0 saturated carbocycles. The molecule has 3 N–H and O–H groups in total. The number of carbonyl (C=O) groups excluding carboxylic acids is 1. The summed E-state index contributed by atoms with van der Waals surface area (Å²) in [4.78, 5) is 23.8. The Hall–Kier alpha value is -2.76. The molecule has 2 amide bonds. The smallest absolute Gasteiger partial charge is 0.340 e. The zero-order chi connectivity index (χ0) is 20.4. The maximum absolute atomic E-state index is 11.3. The van der Waals surface area contributed by atoms with E-state index in [0.29, 0.717) is 30.0 Å². The molecule has 0 aliphatic carbocycles. The van der Waals surface area contributed by atoms with Crippen molar-refractivity contribution < 1.29 is 14.3 Å². The summed E-state index contributed by atoms with van der Waals surface area (Å²) < 4.78 is 13.4. The molecule has 29 heavy (non-hydrogen) atoms. The Morgan fingerprint density at radius 3 is 2.93 bits per heavy atom. The van der Waals surface area contributed by atoms with Gasteiger partial charge in [-0.15, -0.1) is 0 Å². The van der Waals surface area contributed by atoms with Gasteiger partial charge in [-0.25, -0.2) is 14.8 Å². The molecule has 4 rings (SSSR count). The van der Waals surface area contributed by atoms with E-state index < -0.39 is 6.03 Å². The average molecular weight is 421 g/mol. The van der Waals surface area contributed by atoms with Gasteiger partial charge in [-0.2, -0.15) is 10.1 Å². The largest absolute Gasteiger partial charge is 0.372 e. The molecular formula is C17H21ClN8O3. The number of aromatic nitrogens is 4. The quantitative estimate of drug-likeness (QED) is 0.616. The lowest BCUT2D eigenvalue weighted by Crippen LogP contribution is -2.35. The van der Waals surface area contributed by atoms with E-state index in [0.717, 1.165) is 5.69 Å². The number of amides is 2. The van der Waals surface area contributed by atoms with E-state index in [2.05, 4.69) is 36.0 Å². The number of hydrogen-bond acceptors (Lipinski definition) is 8. The number of anilines is 3. The van der Waals surface area contributed by atoms with Crippen molar-refractivity contribution in [3.63, 3.8) is 0 Å². The van der Waals surface area contributed by atoms with Crippen LogP contribution in [-0.4, -0.2) is 70.5 Å². The number of ether oxygens (including phenoxy) is 2. The third kappa shape index (κ3) is 4.31. The maximum atomic E-state index is 11.3. The molecule has 0 aromatic carbocycles. The Morgan fingerprint density at radius 2 is 2.17 bits per heavy atom. The number of hydrogen-bond donors (Lipinski definition) is 3. The zero-order valence-corrected chi connectivity index (χ0v) is 16.6. The van der Waals surface area contributed by atoms with Gasteiger partial charge in [0.2, 0.25) is 5.95 Å². The van der Waals surface area contributed by atoms with E-state index in [1.807, 2.05) is 13.2 Å². The van der Waals surface area contributed by atoms with Gasteiger partial charge in [0.15, 0.2) is 5.82 Å². The van der Waals surface area contributed by atoms with Crippen molar-refractivity contribution in [2.24, 2.45) is 18.0 Å². The van der Waals surface area contributed by atoms with Crippen LogP contribution in [0, 0.1) is 5.92 Å². The van der Waals surface area contributed by atoms with Crippen LogP contribution < -0.4 is 16.0 Å². The molecule has 2 aromatic rings. The molecule has 154 valence electrons. The third-order valence-electron chi connectivity index (χ3n) is 4.72. The van der Waals surface area contributed by atoms with Crippen LogP contribution in [0.15, 0.2) is 23.6 Å². The van der Waals surface area contributed by atoms with E-state index in [1.54, 1.807) is 17.1 Å². The molecule has 11 nitrogen and oxygen atoms in total. The summed E-state index contributed by atoms with van der Waals surface area (Å²) >= 11 is 6.27. The van der Waals surface area contributed by atoms with Gasteiger partial charge in [-0.1, -0.05) is 11.6 Å². The Kier molecular flexibility index (Phi) is 5.60. The van der Waals surface area contributed by atoms with Gasteiger partial charge in [-0.05, 0) is 0 Å². The van der Waals surface area contributed by atoms with Crippen molar-refractivity contribution in [2.75, 3.05) is 30.9 Å². The van der Waals surface area contributed by atoms with Gasteiger partial charge in [0.25, 0.3) is 0 Å². The number of urea groups is 1. The van der Waals surface area contributed by atoms with E-state index in [-0.39, 0.29) is 24.2 Å². The highest BCUT2D eigenvalue weighted by molar-refractivity contribution is 6.32. The molecule has 3 unspecified atom stereocenters. The molecule has 2 fully saturated rings. The second kappa shape index (κ2) is 8.31. The van der Waals surface area contributed by atoms with Gasteiger partial charge in [-0.3, -0.25) is 4.68 Å². The number of aryl methyl sites for hydroxylation is 1. The first-order chi connectivity index (χ1) is 14.0. The lowest BCUT2D eigenvalue weighted by Gasteiger charge is -2.19. The zero-order valence-electron chi connectivity index (χ0n) is 15.9. The highest BCUT2D eigenvalue weighted by atomic mass is 35.5. The topological polar surface area (TPSA) is 128 Å². The molecule has 2 aromatic heterocycles. The monoisotopic (exact) mass is 420 g/mol. The van der Waals surface area contributed by atoms with Crippen molar-refractivity contribution >= 4 is 41.3 Å². The Labute approximate surface area is 171 Å². The predicted molar refractivity (Wildman–Crippen MR) is 107 cm³/mol. The lowest BCUT2D eigenvalue weighted by molar-refractivity contribution is 0.0691. The third-order valence-corrected chi connectivity index (χ3v) is 4.99. The van der Waals surface area contributed by atoms with Crippen molar-refractivity contribution in [1.82, 2.24) is 25.1 Å². The molecule has 2 aliphatic heterocycles. The highest BCUT2D eigenvalue weighted by Gasteiger charge is 2.47. The summed E-state index contributed by atoms with van der Waals surface area (Å²) in [7, 11) is 3.36. The number of halogens is 1. The molecule has 0 radical (unpaired) electrons. The van der Waals surface area contributed by atoms with E-state index in [4.69, 9.17) is 21.1 Å². The summed E-state index contributed by atoms with van der Waals surface area (Å²) in [5.41, 5.74) is 0.766. The second-order valence-electron chi connectivity index (χ2n) is 6.76. The first-order valence-electron chi connectivity index (χ1n) is 9.07. The molecule has 0 spiro atoms. The van der Waals surface area contributed by atoms with E-state index >= 15 is 0 Å². The Balaban J connectivity index is 1.43. The van der Waals surface area contributed by atoms with Gasteiger partial charge in [0.05, 0.1) is 43.4 Å². The highest BCUT2D eigenvalue weighted by Crippen LogP contribution is 2.33. The Morgan fingerprint density at radius 1 is 1.34 bits per heavy atom. The normalized spacial score (nSPS) is 25.9. The number of carbonyl (C=O) groups is 1. The number of aliphatic imine (C=N–C) groups is 1. The summed E-state index contributed by atoms with van der Waals surface area (Å²) in [5, 5.41) is 13.3. The number of nitrogens with one attached hydrogen (secondary N) is 3. The summed E-state index contributed by atoms with van der Waals surface area (Å²) in [6.45, 7) is 0.852. The van der Waals surface area contributed by atoms with Crippen LogP contribution in [0.5, 0.6) is 0 Å². The lowest BCUT2D eigenvalue weighted by atomic mass is 10.0. The fraction of sp³-hybridized carbons (Fsp3) is 0.471. The Bertz CT molecular complexity index is 920.